The van der Waals surface area contributed by atoms with Crippen molar-refractivity contribution in [2.45, 2.75) is 0 Å². The summed E-state index contributed by atoms with van der Waals surface area (Å²) in [6.07, 6.45) is 1.58. The Kier molecular flexibility index (Phi) is 5.93. The van der Waals surface area contributed by atoms with Gasteiger partial charge >= 0.3 is 0 Å². The summed E-state index contributed by atoms with van der Waals surface area (Å²) < 4.78 is 0.821. The number of carbonyl (C=O) groups excluding carboxylic acids is 2. The zero-order valence-corrected chi connectivity index (χ0v) is 15.9. The molecule has 0 bridgehead atoms. The summed E-state index contributed by atoms with van der Waals surface area (Å²) in [6.45, 7) is 0. The molecule has 0 aliphatic rings. The maximum absolute atomic E-state index is 12.3. The highest BCUT2D eigenvalue weighted by atomic mass is 79.9. The smallest absolute Gasteiger partial charge is 0.271 e. The van der Waals surface area contributed by atoms with E-state index in [9.17, 15) is 9.59 Å². The Morgan fingerprint density at radius 3 is 2.46 bits per heavy atom. The number of hydrazone groups is 1. The molecule has 0 saturated carbocycles. The highest BCUT2D eigenvalue weighted by Crippen LogP contribution is 2.15. The van der Waals surface area contributed by atoms with Crippen LogP contribution in [0.25, 0.3) is 0 Å². The Hall–Kier alpha value is -2.77. The molecule has 0 saturated heterocycles. The van der Waals surface area contributed by atoms with Crippen LogP contribution >= 0.6 is 27.3 Å². The Morgan fingerprint density at radius 2 is 1.73 bits per heavy atom. The minimum atomic E-state index is -0.351. The normalized spacial score (nSPS) is 10.7. The van der Waals surface area contributed by atoms with Gasteiger partial charge in [0, 0.05) is 26.2 Å². The molecule has 2 aromatic carbocycles. The van der Waals surface area contributed by atoms with Crippen LogP contribution in [-0.2, 0) is 0 Å². The molecule has 0 spiro atoms. The molecule has 3 aromatic rings. The fourth-order valence-corrected chi connectivity index (χ4v) is 3.14. The number of amides is 2. The summed E-state index contributed by atoms with van der Waals surface area (Å²) >= 11 is 4.87. The van der Waals surface area contributed by atoms with E-state index in [1.807, 2.05) is 23.6 Å². The average Bonchev–Trinajstić information content (AvgIpc) is 3.15. The molecule has 1 aromatic heterocycles. The van der Waals surface area contributed by atoms with Crippen LogP contribution in [-0.4, -0.2) is 18.0 Å². The summed E-state index contributed by atoms with van der Waals surface area (Å²) in [5.74, 6) is -0.601. The van der Waals surface area contributed by atoms with E-state index in [0.29, 0.717) is 16.8 Å². The highest BCUT2D eigenvalue weighted by molar-refractivity contribution is 9.10. The van der Waals surface area contributed by atoms with E-state index in [1.165, 1.54) is 11.3 Å². The summed E-state index contributed by atoms with van der Waals surface area (Å²) in [5.41, 5.74) is 3.93. The van der Waals surface area contributed by atoms with Gasteiger partial charge in [0.1, 0.15) is 0 Å². The second-order valence-electron chi connectivity index (χ2n) is 5.26. The van der Waals surface area contributed by atoms with Gasteiger partial charge in [0.2, 0.25) is 0 Å². The minimum absolute atomic E-state index is 0.250. The van der Waals surface area contributed by atoms with Crippen molar-refractivity contribution >= 4 is 51.0 Å². The summed E-state index contributed by atoms with van der Waals surface area (Å²) in [7, 11) is 0. The monoisotopic (exact) mass is 427 g/mol. The third kappa shape index (κ3) is 4.87. The Bertz CT molecular complexity index is 955. The topological polar surface area (TPSA) is 70.6 Å². The summed E-state index contributed by atoms with van der Waals surface area (Å²) in [6, 6.07) is 17.6. The molecule has 26 heavy (non-hydrogen) atoms. The van der Waals surface area contributed by atoms with E-state index >= 15 is 0 Å². The quantitative estimate of drug-likeness (QED) is 0.463. The third-order valence-electron chi connectivity index (χ3n) is 3.37. The Morgan fingerprint density at radius 1 is 0.962 bits per heavy atom. The van der Waals surface area contributed by atoms with E-state index in [0.717, 1.165) is 9.35 Å². The predicted molar refractivity (Wildman–Crippen MR) is 108 cm³/mol. The summed E-state index contributed by atoms with van der Waals surface area (Å²) in [4.78, 5) is 25.4. The maximum atomic E-state index is 12.3. The molecular weight excluding hydrogens is 414 g/mol. The Labute approximate surface area is 162 Å². The molecule has 2 N–H and O–H groups in total. The van der Waals surface area contributed by atoms with Crippen LogP contribution in [0.2, 0.25) is 0 Å². The zero-order chi connectivity index (χ0) is 18.4. The van der Waals surface area contributed by atoms with Crippen LogP contribution in [0, 0.1) is 0 Å². The largest absolute Gasteiger partial charge is 0.322 e. The van der Waals surface area contributed by atoms with Crippen LogP contribution in [0.1, 0.15) is 25.6 Å². The van der Waals surface area contributed by atoms with Crippen LogP contribution in [0.3, 0.4) is 0 Å². The van der Waals surface area contributed by atoms with Gasteiger partial charge in [0.15, 0.2) is 0 Å². The number of thiophene rings is 1. The Balaban J connectivity index is 1.65. The number of rotatable bonds is 5. The molecule has 0 radical (unpaired) electrons. The molecule has 5 nitrogen and oxygen atoms in total. The van der Waals surface area contributed by atoms with E-state index in [1.54, 1.807) is 48.7 Å². The van der Waals surface area contributed by atoms with E-state index in [2.05, 4.69) is 31.8 Å². The fourth-order valence-electron chi connectivity index (χ4n) is 2.15. The van der Waals surface area contributed by atoms with E-state index in [-0.39, 0.29) is 11.8 Å². The van der Waals surface area contributed by atoms with Crippen molar-refractivity contribution in [1.82, 2.24) is 5.43 Å². The lowest BCUT2D eigenvalue weighted by atomic mass is 10.1. The molecule has 2 amide bonds. The highest BCUT2D eigenvalue weighted by Gasteiger charge is 2.09. The van der Waals surface area contributed by atoms with Crippen LogP contribution < -0.4 is 10.7 Å². The minimum Gasteiger partial charge on any atom is -0.322 e. The lowest BCUT2D eigenvalue weighted by molar-refractivity contribution is 0.0953. The molecule has 0 aliphatic carbocycles. The zero-order valence-electron chi connectivity index (χ0n) is 13.5. The number of carbonyl (C=O) groups is 2. The van der Waals surface area contributed by atoms with Crippen molar-refractivity contribution in [1.29, 1.82) is 0 Å². The van der Waals surface area contributed by atoms with Crippen molar-refractivity contribution in [2.24, 2.45) is 5.10 Å². The van der Waals surface area contributed by atoms with Gasteiger partial charge in [0.25, 0.3) is 11.8 Å². The van der Waals surface area contributed by atoms with Crippen LogP contribution in [0.5, 0.6) is 0 Å². The molecule has 0 fully saturated rings. The summed E-state index contributed by atoms with van der Waals surface area (Å²) in [5, 5.41) is 8.65. The van der Waals surface area contributed by atoms with Crippen molar-refractivity contribution in [3.8, 4) is 0 Å². The molecule has 3 rings (SSSR count). The predicted octanol–water partition coefficient (Wildman–Crippen LogP) is 4.53. The van der Waals surface area contributed by atoms with Gasteiger partial charge in [-0.1, -0.05) is 34.1 Å². The number of benzene rings is 2. The molecule has 0 unspecified atom stereocenters. The van der Waals surface area contributed by atoms with E-state index in [4.69, 9.17) is 0 Å². The maximum Gasteiger partial charge on any atom is 0.271 e. The molecule has 1 heterocycles. The first-order chi connectivity index (χ1) is 12.6. The molecule has 0 atom stereocenters. The second-order valence-corrected chi connectivity index (χ2v) is 7.15. The molecular formula is C19H14BrN3O2S. The van der Waals surface area contributed by atoms with Gasteiger partial charge in [-0.2, -0.15) is 5.10 Å². The SMILES string of the molecule is O=C(N/N=C\c1cccs1)c1cccc(NC(=O)c2cccc(Br)c2)c1. The van der Waals surface area contributed by atoms with Crippen LogP contribution in [0.15, 0.2) is 75.6 Å². The number of hydrogen-bond donors (Lipinski definition) is 2. The van der Waals surface area contributed by atoms with Gasteiger partial charge in [-0.3, -0.25) is 9.59 Å². The third-order valence-corrected chi connectivity index (χ3v) is 4.67. The molecule has 0 aliphatic heterocycles. The molecule has 130 valence electrons. The van der Waals surface area contributed by atoms with Gasteiger partial charge in [-0.05, 0) is 47.8 Å². The van der Waals surface area contributed by atoms with E-state index < -0.39 is 0 Å². The number of hydrogen-bond acceptors (Lipinski definition) is 4. The molecule has 7 heteroatoms. The number of nitrogens with one attached hydrogen (secondary N) is 2. The van der Waals surface area contributed by atoms with Gasteiger partial charge in [-0.15, -0.1) is 11.3 Å². The van der Waals surface area contributed by atoms with Gasteiger partial charge < -0.3 is 5.32 Å². The van der Waals surface area contributed by atoms with Gasteiger partial charge in [-0.25, -0.2) is 5.43 Å². The first kappa shape index (κ1) is 18.0. The average molecular weight is 428 g/mol. The number of nitrogens with zero attached hydrogens (tertiary/aromatic N) is 1. The lowest BCUT2D eigenvalue weighted by Crippen LogP contribution is -2.18. The van der Waals surface area contributed by atoms with Crippen molar-refractivity contribution in [3.05, 3.63) is 86.5 Å². The second kappa shape index (κ2) is 8.55. The first-order valence-electron chi connectivity index (χ1n) is 7.66. The van der Waals surface area contributed by atoms with Crippen molar-refractivity contribution < 1.29 is 9.59 Å². The lowest BCUT2D eigenvalue weighted by Gasteiger charge is -2.07. The number of halogens is 1. The standard InChI is InChI=1S/C19H14BrN3O2S/c20-15-6-1-4-13(10-15)18(24)22-16-7-2-5-14(11-16)19(25)23-21-12-17-8-3-9-26-17/h1-12H,(H,22,24)(H,23,25)/b21-12-. The first-order valence-corrected chi connectivity index (χ1v) is 9.33. The van der Waals surface area contributed by atoms with Crippen molar-refractivity contribution in [2.75, 3.05) is 5.32 Å². The fraction of sp³-hybridized carbons (Fsp3) is 0. The van der Waals surface area contributed by atoms with Gasteiger partial charge in [0.05, 0.1) is 6.21 Å². The number of anilines is 1. The van der Waals surface area contributed by atoms with Crippen molar-refractivity contribution in [3.63, 3.8) is 0 Å². The van der Waals surface area contributed by atoms with Crippen LogP contribution in [0.4, 0.5) is 5.69 Å².